The SMILES string of the molecule is CC.Cn1c(Nc2ccc(I)cc2F)c(C(=O)NOCCO)c2cccnc21. The second-order valence-corrected chi connectivity index (χ2v) is 6.66. The van der Waals surface area contributed by atoms with Gasteiger partial charge in [-0.2, -0.15) is 0 Å². The third kappa shape index (κ3) is 4.78. The Kier molecular flexibility index (Phi) is 8.15. The van der Waals surface area contributed by atoms with E-state index in [1.807, 2.05) is 36.4 Å². The first-order chi connectivity index (χ1) is 13.5. The van der Waals surface area contributed by atoms with Gasteiger partial charge in [0.05, 0.1) is 24.5 Å². The summed E-state index contributed by atoms with van der Waals surface area (Å²) in [7, 11) is 1.73. The number of aromatic nitrogens is 2. The summed E-state index contributed by atoms with van der Waals surface area (Å²) in [6, 6.07) is 8.22. The van der Waals surface area contributed by atoms with Crippen molar-refractivity contribution >= 4 is 51.0 Å². The van der Waals surface area contributed by atoms with Crippen molar-refractivity contribution < 1.29 is 19.1 Å². The molecule has 0 aliphatic carbocycles. The van der Waals surface area contributed by atoms with Crippen molar-refractivity contribution in [2.45, 2.75) is 13.8 Å². The van der Waals surface area contributed by atoms with E-state index >= 15 is 0 Å². The number of aliphatic hydroxyl groups is 1. The summed E-state index contributed by atoms with van der Waals surface area (Å²) in [5.41, 5.74) is 3.35. The highest BCUT2D eigenvalue weighted by molar-refractivity contribution is 14.1. The van der Waals surface area contributed by atoms with E-state index in [2.05, 4.69) is 15.8 Å². The topological polar surface area (TPSA) is 88.4 Å². The second-order valence-electron chi connectivity index (χ2n) is 5.41. The number of hydrogen-bond donors (Lipinski definition) is 3. The van der Waals surface area contributed by atoms with E-state index in [0.717, 1.165) is 3.57 Å². The lowest BCUT2D eigenvalue weighted by Crippen LogP contribution is -2.25. The molecule has 0 spiro atoms. The van der Waals surface area contributed by atoms with Crippen LogP contribution in [0.5, 0.6) is 0 Å². The third-order valence-corrected chi connectivity index (χ3v) is 4.39. The summed E-state index contributed by atoms with van der Waals surface area (Å²) < 4.78 is 16.7. The molecule has 28 heavy (non-hydrogen) atoms. The Morgan fingerprint density at radius 3 is 2.79 bits per heavy atom. The lowest BCUT2D eigenvalue weighted by atomic mass is 10.2. The van der Waals surface area contributed by atoms with Crippen molar-refractivity contribution in [1.82, 2.24) is 15.0 Å². The molecule has 9 heteroatoms. The standard InChI is InChI=1S/C17H16FIN4O3.C2H6/c1-23-15-11(3-2-6-20-15)14(17(25)22-26-8-7-24)16(23)21-13-5-4-10(19)9-12(13)18;1-2/h2-6,9,21,24H,7-8H2,1H3,(H,22,25);1-2H3. The summed E-state index contributed by atoms with van der Waals surface area (Å²) in [5, 5.41) is 12.4. The predicted octanol–water partition coefficient (Wildman–Crippen LogP) is 3.74. The van der Waals surface area contributed by atoms with E-state index in [4.69, 9.17) is 9.94 Å². The Morgan fingerprint density at radius 2 is 2.11 bits per heavy atom. The van der Waals surface area contributed by atoms with Gasteiger partial charge in [0.25, 0.3) is 5.91 Å². The molecule has 0 aliphatic rings. The number of nitrogens with one attached hydrogen (secondary N) is 2. The molecule has 0 saturated carbocycles. The number of halogens is 2. The van der Waals surface area contributed by atoms with Crippen molar-refractivity contribution in [3.8, 4) is 0 Å². The predicted molar refractivity (Wildman–Crippen MR) is 115 cm³/mol. The fourth-order valence-corrected chi connectivity index (χ4v) is 3.02. The van der Waals surface area contributed by atoms with Gasteiger partial charge in [-0.15, -0.1) is 0 Å². The zero-order valence-electron chi connectivity index (χ0n) is 15.8. The third-order valence-electron chi connectivity index (χ3n) is 3.72. The zero-order valence-corrected chi connectivity index (χ0v) is 17.9. The number of hydrogen-bond acceptors (Lipinski definition) is 5. The van der Waals surface area contributed by atoms with Crippen LogP contribution in [0, 0.1) is 9.39 Å². The average Bonchev–Trinajstić information content (AvgIpc) is 2.98. The fraction of sp³-hybridized carbons (Fsp3) is 0.263. The molecular weight excluding hydrogens is 478 g/mol. The minimum atomic E-state index is -0.523. The smallest absolute Gasteiger partial charge is 0.279 e. The van der Waals surface area contributed by atoms with Gasteiger partial charge in [-0.25, -0.2) is 14.9 Å². The number of pyridine rings is 1. The highest BCUT2D eigenvalue weighted by atomic mass is 127. The molecule has 0 saturated heterocycles. The van der Waals surface area contributed by atoms with Gasteiger partial charge in [-0.1, -0.05) is 13.8 Å². The molecule has 150 valence electrons. The zero-order chi connectivity index (χ0) is 20.7. The van der Waals surface area contributed by atoms with Crippen LogP contribution in [0.1, 0.15) is 24.2 Å². The number of carbonyl (C=O) groups is 1. The van der Waals surface area contributed by atoms with Crippen LogP contribution in [0.25, 0.3) is 11.0 Å². The molecule has 2 heterocycles. The van der Waals surface area contributed by atoms with E-state index in [1.165, 1.54) is 6.07 Å². The number of fused-ring (bicyclic) bond motifs is 1. The second kappa shape index (κ2) is 10.3. The lowest BCUT2D eigenvalue weighted by Gasteiger charge is -2.12. The van der Waals surface area contributed by atoms with Gasteiger partial charge in [0.2, 0.25) is 0 Å². The molecule has 3 N–H and O–H groups in total. The Labute approximate surface area is 176 Å². The van der Waals surface area contributed by atoms with Crippen molar-refractivity contribution in [1.29, 1.82) is 0 Å². The highest BCUT2D eigenvalue weighted by Crippen LogP contribution is 2.31. The first kappa shape index (κ1) is 22.1. The number of nitrogens with zero attached hydrogens (tertiary/aromatic N) is 2. The maximum absolute atomic E-state index is 14.3. The van der Waals surface area contributed by atoms with Gasteiger partial charge in [0.1, 0.15) is 17.3 Å². The molecule has 3 aromatic rings. The van der Waals surface area contributed by atoms with Crippen molar-refractivity contribution in [3.63, 3.8) is 0 Å². The summed E-state index contributed by atoms with van der Waals surface area (Å²) >= 11 is 2.02. The van der Waals surface area contributed by atoms with E-state index in [9.17, 15) is 9.18 Å². The number of amides is 1. The van der Waals surface area contributed by atoms with Gasteiger partial charge >= 0.3 is 0 Å². The summed E-state index contributed by atoms with van der Waals surface area (Å²) in [5.74, 6) is -0.576. The van der Waals surface area contributed by atoms with Crippen LogP contribution in [-0.2, 0) is 11.9 Å². The number of aryl methyl sites for hydroxylation is 1. The lowest BCUT2D eigenvalue weighted by molar-refractivity contribution is 0.0170. The number of carbonyl (C=O) groups excluding carboxylic acids is 1. The molecule has 7 nitrogen and oxygen atoms in total. The van der Waals surface area contributed by atoms with Gasteiger partial charge in [-0.05, 0) is 52.9 Å². The molecule has 0 bridgehead atoms. The first-order valence-electron chi connectivity index (χ1n) is 8.71. The maximum Gasteiger partial charge on any atom is 0.279 e. The number of hydroxylamine groups is 1. The van der Waals surface area contributed by atoms with E-state index in [0.29, 0.717) is 16.9 Å². The van der Waals surface area contributed by atoms with Crippen molar-refractivity contribution in [2.24, 2.45) is 7.05 Å². The van der Waals surface area contributed by atoms with Crippen LogP contribution < -0.4 is 10.8 Å². The minimum Gasteiger partial charge on any atom is -0.394 e. The minimum absolute atomic E-state index is 0.0384. The quantitative estimate of drug-likeness (QED) is 0.273. The molecule has 0 radical (unpaired) electrons. The van der Waals surface area contributed by atoms with Crippen molar-refractivity contribution in [2.75, 3.05) is 18.5 Å². The molecule has 1 amide bonds. The molecule has 0 atom stereocenters. The Balaban J connectivity index is 0.00000136. The monoisotopic (exact) mass is 500 g/mol. The Hall–Kier alpha value is -2.24. The summed E-state index contributed by atoms with van der Waals surface area (Å²) in [6.45, 7) is 3.74. The average molecular weight is 500 g/mol. The molecular formula is C19H22FIN4O3. The largest absolute Gasteiger partial charge is 0.394 e. The molecule has 1 aromatic carbocycles. The van der Waals surface area contributed by atoms with Crippen LogP contribution >= 0.6 is 22.6 Å². The fourth-order valence-electron chi connectivity index (χ4n) is 2.57. The molecule has 2 aromatic heterocycles. The van der Waals surface area contributed by atoms with Gasteiger partial charge in [-0.3, -0.25) is 9.63 Å². The molecule has 3 rings (SSSR count). The summed E-state index contributed by atoms with van der Waals surface area (Å²) in [4.78, 5) is 21.8. The molecule has 0 aliphatic heterocycles. The van der Waals surface area contributed by atoms with Crippen LogP contribution in [-0.4, -0.2) is 33.8 Å². The van der Waals surface area contributed by atoms with Crippen molar-refractivity contribution in [3.05, 3.63) is 51.5 Å². The van der Waals surface area contributed by atoms with E-state index in [1.54, 1.807) is 42.1 Å². The Bertz CT molecular complexity index is 962. The van der Waals surface area contributed by atoms with Crippen LogP contribution in [0.3, 0.4) is 0 Å². The number of benzene rings is 1. The normalized spacial score (nSPS) is 10.4. The molecule has 0 unspecified atom stereocenters. The summed E-state index contributed by atoms with van der Waals surface area (Å²) in [6.07, 6.45) is 1.61. The maximum atomic E-state index is 14.3. The molecule has 0 fully saturated rings. The Morgan fingerprint density at radius 1 is 1.36 bits per heavy atom. The number of rotatable bonds is 6. The van der Waals surface area contributed by atoms with Crippen LogP contribution in [0.4, 0.5) is 15.9 Å². The van der Waals surface area contributed by atoms with Gasteiger partial charge in [0.15, 0.2) is 0 Å². The number of anilines is 2. The van der Waals surface area contributed by atoms with E-state index in [-0.39, 0.29) is 24.5 Å². The van der Waals surface area contributed by atoms with Crippen LogP contribution in [0.2, 0.25) is 0 Å². The van der Waals surface area contributed by atoms with E-state index < -0.39 is 11.7 Å². The van der Waals surface area contributed by atoms with Gasteiger partial charge in [0, 0.05) is 22.2 Å². The number of aliphatic hydroxyl groups excluding tert-OH is 1. The highest BCUT2D eigenvalue weighted by Gasteiger charge is 2.23. The first-order valence-corrected chi connectivity index (χ1v) is 9.79. The van der Waals surface area contributed by atoms with Crippen LogP contribution in [0.15, 0.2) is 36.5 Å². The van der Waals surface area contributed by atoms with Gasteiger partial charge < -0.3 is 15.0 Å².